The molecule has 5 nitrogen and oxygen atoms in total. The average molecular weight is 350 g/mol. The summed E-state index contributed by atoms with van der Waals surface area (Å²) in [7, 11) is 0. The standard InChI is InChI=1S/C17H19FN2O3S/c1-4-12-9-15(24-11(12)3)17(22)20-19-16(21)10(2)23-14-8-6-5-7-13(14)18/h5-10H,4H2,1-3H3,(H,19,21)(H,20,22). The molecule has 128 valence electrons. The van der Waals surface area contributed by atoms with E-state index in [0.29, 0.717) is 4.88 Å². The van der Waals surface area contributed by atoms with Crippen LogP contribution in [0.1, 0.15) is 34.0 Å². The van der Waals surface area contributed by atoms with E-state index in [1.807, 2.05) is 13.8 Å². The molecule has 0 aliphatic heterocycles. The summed E-state index contributed by atoms with van der Waals surface area (Å²) in [5, 5.41) is 0. The molecule has 0 radical (unpaired) electrons. The molecule has 1 aromatic carbocycles. The van der Waals surface area contributed by atoms with E-state index in [9.17, 15) is 14.0 Å². The molecule has 1 heterocycles. The fraction of sp³-hybridized carbons (Fsp3) is 0.294. The molecule has 1 unspecified atom stereocenters. The van der Waals surface area contributed by atoms with Crippen LogP contribution in [0.3, 0.4) is 0 Å². The lowest BCUT2D eigenvalue weighted by Crippen LogP contribution is -2.47. The molecular weight excluding hydrogens is 331 g/mol. The highest BCUT2D eigenvalue weighted by atomic mass is 32.1. The Morgan fingerprint density at radius 2 is 2.00 bits per heavy atom. The maximum absolute atomic E-state index is 13.5. The van der Waals surface area contributed by atoms with Crippen LogP contribution in [0, 0.1) is 12.7 Å². The summed E-state index contributed by atoms with van der Waals surface area (Å²) in [6, 6.07) is 7.61. The number of hydrogen-bond acceptors (Lipinski definition) is 4. The topological polar surface area (TPSA) is 67.4 Å². The van der Waals surface area contributed by atoms with Gasteiger partial charge in [0, 0.05) is 4.88 Å². The van der Waals surface area contributed by atoms with Crippen molar-refractivity contribution >= 4 is 23.2 Å². The number of hydrogen-bond donors (Lipinski definition) is 2. The highest BCUT2D eigenvalue weighted by molar-refractivity contribution is 7.14. The zero-order valence-electron chi connectivity index (χ0n) is 13.7. The lowest BCUT2D eigenvalue weighted by atomic mass is 10.2. The largest absolute Gasteiger partial charge is 0.478 e. The third-order valence-corrected chi connectivity index (χ3v) is 4.53. The first-order chi connectivity index (χ1) is 11.4. The number of nitrogens with one attached hydrogen (secondary N) is 2. The van der Waals surface area contributed by atoms with Crippen molar-refractivity contribution in [2.45, 2.75) is 33.3 Å². The molecule has 2 rings (SSSR count). The molecule has 0 aliphatic carbocycles. The summed E-state index contributed by atoms with van der Waals surface area (Å²) < 4.78 is 18.7. The van der Waals surface area contributed by atoms with Crippen molar-refractivity contribution in [1.29, 1.82) is 0 Å². The second kappa shape index (κ2) is 7.92. The summed E-state index contributed by atoms with van der Waals surface area (Å²) in [6.45, 7) is 5.43. The van der Waals surface area contributed by atoms with Gasteiger partial charge in [-0.15, -0.1) is 11.3 Å². The minimum absolute atomic E-state index is 0.0204. The van der Waals surface area contributed by atoms with Crippen molar-refractivity contribution in [2.24, 2.45) is 0 Å². The highest BCUT2D eigenvalue weighted by Crippen LogP contribution is 2.21. The second-order valence-corrected chi connectivity index (χ2v) is 6.44. The first kappa shape index (κ1) is 17.9. The molecule has 2 amide bonds. The quantitative estimate of drug-likeness (QED) is 0.815. The van der Waals surface area contributed by atoms with Crippen LogP contribution in [0.5, 0.6) is 5.75 Å². The van der Waals surface area contributed by atoms with Crippen LogP contribution in [0.25, 0.3) is 0 Å². The Kier molecular flexibility index (Phi) is 5.92. The van der Waals surface area contributed by atoms with Crippen LogP contribution in [-0.4, -0.2) is 17.9 Å². The van der Waals surface area contributed by atoms with E-state index in [2.05, 4.69) is 10.9 Å². The van der Waals surface area contributed by atoms with E-state index in [-0.39, 0.29) is 5.75 Å². The van der Waals surface area contributed by atoms with E-state index in [1.54, 1.807) is 12.1 Å². The molecule has 0 saturated heterocycles. The number of thiophene rings is 1. The Morgan fingerprint density at radius 1 is 1.29 bits per heavy atom. The summed E-state index contributed by atoms with van der Waals surface area (Å²) in [5.41, 5.74) is 5.74. The third-order valence-electron chi connectivity index (χ3n) is 3.43. The summed E-state index contributed by atoms with van der Waals surface area (Å²) in [6.07, 6.45) is -0.117. The maximum atomic E-state index is 13.5. The van der Waals surface area contributed by atoms with E-state index in [1.165, 1.54) is 36.5 Å². The van der Waals surface area contributed by atoms with E-state index < -0.39 is 23.7 Å². The van der Waals surface area contributed by atoms with Gasteiger partial charge in [-0.05, 0) is 44.0 Å². The smallest absolute Gasteiger partial charge is 0.279 e. The van der Waals surface area contributed by atoms with Crippen molar-refractivity contribution in [3.05, 3.63) is 51.5 Å². The number of amides is 2. The lowest BCUT2D eigenvalue weighted by Gasteiger charge is -2.15. The molecule has 0 bridgehead atoms. The molecule has 2 aromatic rings. The van der Waals surface area contributed by atoms with Gasteiger partial charge in [0.05, 0.1) is 4.88 Å². The van der Waals surface area contributed by atoms with E-state index in [0.717, 1.165) is 16.9 Å². The Morgan fingerprint density at radius 3 is 2.62 bits per heavy atom. The molecule has 0 saturated carbocycles. The minimum atomic E-state index is -0.960. The average Bonchev–Trinajstić information content (AvgIpc) is 2.95. The van der Waals surface area contributed by atoms with Gasteiger partial charge in [0.15, 0.2) is 17.7 Å². The first-order valence-electron chi connectivity index (χ1n) is 7.53. The Bertz CT molecular complexity index is 745. The van der Waals surface area contributed by atoms with Crippen molar-refractivity contribution in [3.8, 4) is 5.75 Å². The van der Waals surface area contributed by atoms with Crippen LogP contribution in [-0.2, 0) is 11.2 Å². The van der Waals surface area contributed by atoms with Crippen LogP contribution in [0.2, 0.25) is 0 Å². The van der Waals surface area contributed by atoms with Crippen molar-refractivity contribution in [3.63, 3.8) is 0 Å². The fourth-order valence-corrected chi connectivity index (χ4v) is 3.06. The van der Waals surface area contributed by atoms with Crippen LogP contribution < -0.4 is 15.6 Å². The predicted octanol–water partition coefficient (Wildman–Crippen LogP) is 2.99. The van der Waals surface area contributed by atoms with Gasteiger partial charge in [-0.3, -0.25) is 20.4 Å². The molecule has 1 atom stereocenters. The van der Waals surface area contributed by atoms with Crippen molar-refractivity contribution in [2.75, 3.05) is 0 Å². The van der Waals surface area contributed by atoms with Gasteiger partial charge in [0.2, 0.25) is 0 Å². The maximum Gasteiger partial charge on any atom is 0.279 e. The number of para-hydroxylation sites is 1. The predicted molar refractivity (Wildman–Crippen MR) is 90.5 cm³/mol. The van der Waals surface area contributed by atoms with Gasteiger partial charge < -0.3 is 4.74 Å². The van der Waals surface area contributed by atoms with Gasteiger partial charge in [-0.2, -0.15) is 0 Å². The van der Waals surface area contributed by atoms with E-state index in [4.69, 9.17) is 4.74 Å². The van der Waals surface area contributed by atoms with Crippen LogP contribution in [0.4, 0.5) is 4.39 Å². The molecule has 2 N–H and O–H groups in total. The summed E-state index contributed by atoms with van der Waals surface area (Å²) in [5.74, 6) is -1.54. The van der Waals surface area contributed by atoms with Gasteiger partial charge in [-0.25, -0.2) is 4.39 Å². The molecule has 0 fully saturated rings. The Hall–Kier alpha value is -2.41. The molecular formula is C17H19FN2O3S. The van der Waals surface area contributed by atoms with Gasteiger partial charge in [-0.1, -0.05) is 19.1 Å². The zero-order chi connectivity index (χ0) is 17.7. The number of carbonyl (C=O) groups is 2. The fourth-order valence-electron chi connectivity index (χ4n) is 2.05. The molecule has 7 heteroatoms. The summed E-state index contributed by atoms with van der Waals surface area (Å²) in [4.78, 5) is 25.6. The van der Waals surface area contributed by atoms with Gasteiger partial charge in [0.25, 0.3) is 11.8 Å². The second-order valence-electron chi connectivity index (χ2n) is 5.18. The van der Waals surface area contributed by atoms with Crippen molar-refractivity contribution < 1.29 is 18.7 Å². The number of aryl methyl sites for hydroxylation is 2. The number of ether oxygens (including phenoxy) is 1. The molecule has 1 aromatic heterocycles. The molecule has 0 aliphatic rings. The Labute approximate surface area is 143 Å². The number of carbonyl (C=O) groups excluding carboxylic acids is 2. The van der Waals surface area contributed by atoms with Gasteiger partial charge >= 0.3 is 0 Å². The van der Waals surface area contributed by atoms with Gasteiger partial charge in [0.1, 0.15) is 0 Å². The first-order valence-corrected chi connectivity index (χ1v) is 8.34. The number of halogens is 1. The lowest BCUT2D eigenvalue weighted by molar-refractivity contribution is -0.128. The van der Waals surface area contributed by atoms with Crippen LogP contribution in [0.15, 0.2) is 30.3 Å². The zero-order valence-corrected chi connectivity index (χ0v) is 14.5. The van der Waals surface area contributed by atoms with E-state index >= 15 is 0 Å². The molecule has 0 spiro atoms. The normalized spacial score (nSPS) is 11.7. The Balaban J connectivity index is 1.89. The number of rotatable bonds is 5. The monoisotopic (exact) mass is 350 g/mol. The minimum Gasteiger partial charge on any atom is -0.478 e. The number of hydrazine groups is 1. The third kappa shape index (κ3) is 4.32. The van der Waals surface area contributed by atoms with Crippen molar-refractivity contribution in [1.82, 2.24) is 10.9 Å². The number of benzene rings is 1. The summed E-state index contributed by atoms with van der Waals surface area (Å²) >= 11 is 1.37. The molecule has 24 heavy (non-hydrogen) atoms. The highest BCUT2D eigenvalue weighted by Gasteiger charge is 2.18. The SMILES string of the molecule is CCc1cc(C(=O)NNC(=O)C(C)Oc2ccccc2F)sc1C. The van der Waals surface area contributed by atoms with Crippen LogP contribution >= 0.6 is 11.3 Å².